The minimum Gasteiger partial charge on any atom is -0.325 e. The number of benzene rings is 2. The molecule has 0 aliphatic heterocycles. The number of allylic oxidation sites excluding steroid dienone is 1. The van der Waals surface area contributed by atoms with Crippen molar-refractivity contribution in [3.05, 3.63) is 77.1 Å². The highest BCUT2D eigenvalue weighted by Crippen LogP contribution is 2.26. The second-order valence-corrected chi connectivity index (χ2v) is 8.26. The van der Waals surface area contributed by atoms with E-state index in [-0.39, 0.29) is 11.5 Å². The lowest BCUT2D eigenvalue weighted by atomic mass is 10.2. The summed E-state index contributed by atoms with van der Waals surface area (Å²) >= 11 is 1.29. The van der Waals surface area contributed by atoms with Crippen LogP contribution in [0.1, 0.15) is 12.5 Å². The zero-order valence-electron chi connectivity index (χ0n) is 16.7. The first-order chi connectivity index (χ1) is 14.5. The quantitative estimate of drug-likeness (QED) is 0.381. The summed E-state index contributed by atoms with van der Waals surface area (Å²) < 4.78 is 3.35. The van der Waals surface area contributed by atoms with Gasteiger partial charge in [-0.2, -0.15) is 0 Å². The molecular formula is C22H21N5O2S. The third-order valence-electron chi connectivity index (χ3n) is 4.76. The molecule has 4 rings (SSSR count). The van der Waals surface area contributed by atoms with Crippen LogP contribution in [0.3, 0.4) is 0 Å². The third kappa shape index (κ3) is 3.61. The number of aromatic nitrogens is 4. The van der Waals surface area contributed by atoms with Crippen LogP contribution in [0.4, 0.5) is 5.69 Å². The number of hydrogen-bond donors (Lipinski definition) is 1. The molecule has 1 atom stereocenters. The zero-order chi connectivity index (χ0) is 21.3. The van der Waals surface area contributed by atoms with Crippen LogP contribution in [0.15, 0.2) is 71.1 Å². The fourth-order valence-corrected chi connectivity index (χ4v) is 4.05. The standard InChI is InChI=1S/C22H21N5O2S/c1-4-13-26-20(29)17-7-5-6-8-18(17)27-21(26)24-25-22(27)30-15(3)19(28)23-16-11-9-14(2)10-12-16/h4-12,15H,1,13H2,2-3H3,(H,23,28)/t15-/m1/s1. The average molecular weight is 420 g/mol. The molecule has 2 aromatic carbocycles. The lowest BCUT2D eigenvalue weighted by Crippen LogP contribution is -2.24. The maximum absolute atomic E-state index is 12.9. The molecule has 0 spiro atoms. The molecule has 7 nitrogen and oxygen atoms in total. The average Bonchev–Trinajstić information content (AvgIpc) is 3.16. The van der Waals surface area contributed by atoms with E-state index in [1.165, 1.54) is 16.3 Å². The Morgan fingerprint density at radius 1 is 1.20 bits per heavy atom. The summed E-state index contributed by atoms with van der Waals surface area (Å²) in [5, 5.41) is 12.1. The first-order valence-electron chi connectivity index (χ1n) is 9.51. The Hall–Kier alpha value is -3.39. The van der Waals surface area contributed by atoms with Gasteiger partial charge in [-0.05, 0) is 38.1 Å². The van der Waals surface area contributed by atoms with Crippen molar-refractivity contribution in [3.8, 4) is 0 Å². The largest absolute Gasteiger partial charge is 0.325 e. The molecule has 0 unspecified atom stereocenters. The second-order valence-electron chi connectivity index (χ2n) is 6.95. The van der Waals surface area contributed by atoms with Crippen LogP contribution in [-0.2, 0) is 11.3 Å². The highest BCUT2D eigenvalue weighted by Gasteiger charge is 2.21. The van der Waals surface area contributed by atoms with Crippen LogP contribution in [-0.4, -0.2) is 30.3 Å². The molecule has 2 aromatic heterocycles. The topological polar surface area (TPSA) is 81.3 Å². The maximum atomic E-state index is 12.9. The van der Waals surface area contributed by atoms with Crippen LogP contribution in [0, 0.1) is 6.92 Å². The van der Waals surface area contributed by atoms with Gasteiger partial charge < -0.3 is 5.32 Å². The number of carbonyl (C=O) groups excluding carboxylic acids is 1. The van der Waals surface area contributed by atoms with Crippen LogP contribution in [0.25, 0.3) is 16.7 Å². The summed E-state index contributed by atoms with van der Waals surface area (Å²) in [7, 11) is 0. The smallest absolute Gasteiger partial charge is 0.263 e. The Labute approximate surface area is 177 Å². The molecule has 1 amide bonds. The zero-order valence-corrected chi connectivity index (χ0v) is 17.5. The van der Waals surface area contributed by atoms with Crippen molar-refractivity contribution in [1.29, 1.82) is 0 Å². The van der Waals surface area contributed by atoms with E-state index in [1.807, 2.05) is 60.7 Å². The number of aryl methyl sites for hydroxylation is 1. The molecule has 1 N–H and O–H groups in total. The van der Waals surface area contributed by atoms with Gasteiger partial charge in [0, 0.05) is 12.2 Å². The van der Waals surface area contributed by atoms with Gasteiger partial charge in [0.15, 0.2) is 5.16 Å². The lowest BCUT2D eigenvalue weighted by Gasteiger charge is -2.13. The summed E-state index contributed by atoms with van der Waals surface area (Å²) in [6.45, 7) is 7.86. The normalized spacial score (nSPS) is 12.2. The fourth-order valence-electron chi connectivity index (χ4n) is 3.20. The van der Waals surface area contributed by atoms with E-state index >= 15 is 0 Å². The van der Waals surface area contributed by atoms with E-state index in [2.05, 4.69) is 22.1 Å². The molecule has 0 aliphatic carbocycles. The minimum absolute atomic E-state index is 0.135. The molecule has 0 bridgehead atoms. The van der Waals surface area contributed by atoms with Crippen molar-refractivity contribution in [3.63, 3.8) is 0 Å². The first-order valence-corrected chi connectivity index (χ1v) is 10.4. The van der Waals surface area contributed by atoms with Crippen molar-refractivity contribution in [2.45, 2.75) is 30.8 Å². The number of nitrogens with one attached hydrogen (secondary N) is 1. The Balaban J connectivity index is 1.71. The molecule has 0 saturated carbocycles. The maximum Gasteiger partial charge on any atom is 0.263 e. The van der Waals surface area contributed by atoms with Gasteiger partial charge in [-0.3, -0.25) is 18.6 Å². The van der Waals surface area contributed by atoms with E-state index in [9.17, 15) is 9.59 Å². The van der Waals surface area contributed by atoms with Gasteiger partial charge in [0.2, 0.25) is 11.7 Å². The number of fused-ring (bicyclic) bond motifs is 3. The summed E-state index contributed by atoms with van der Waals surface area (Å²) in [5.74, 6) is 0.288. The van der Waals surface area contributed by atoms with Crippen LogP contribution in [0.5, 0.6) is 0 Å². The van der Waals surface area contributed by atoms with E-state index in [0.717, 1.165) is 11.3 Å². The molecule has 0 saturated heterocycles. The Kier molecular flexibility index (Phi) is 5.41. The Morgan fingerprint density at radius 2 is 1.93 bits per heavy atom. The van der Waals surface area contributed by atoms with Gasteiger partial charge >= 0.3 is 0 Å². The first kappa shape index (κ1) is 19.9. The highest BCUT2D eigenvalue weighted by atomic mass is 32.2. The van der Waals surface area contributed by atoms with Gasteiger partial charge in [-0.1, -0.05) is 47.7 Å². The van der Waals surface area contributed by atoms with Crippen LogP contribution in [0.2, 0.25) is 0 Å². The molecule has 0 fully saturated rings. The molecule has 8 heteroatoms. The van der Waals surface area contributed by atoms with Crippen LogP contribution < -0.4 is 10.9 Å². The summed E-state index contributed by atoms with van der Waals surface area (Å²) in [6.07, 6.45) is 1.65. The lowest BCUT2D eigenvalue weighted by molar-refractivity contribution is -0.115. The number of hydrogen-bond acceptors (Lipinski definition) is 5. The van der Waals surface area contributed by atoms with Gasteiger partial charge in [0.05, 0.1) is 16.2 Å². The number of rotatable bonds is 6. The van der Waals surface area contributed by atoms with Crippen molar-refractivity contribution in [1.82, 2.24) is 19.2 Å². The molecule has 4 aromatic rings. The van der Waals surface area contributed by atoms with Gasteiger partial charge in [-0.15, -0.1) is 16.8 Å². The van der Waals surface area contributed by atoms with Crippen LogP contribution >= 0.6 is 11.8 Å². The number of amides is 1. The van der Waals surface area contributed by atoms with Crippen molar-refractivity contribution < 1.29 is 4.79 Å². The number of para-hydroxylation sites is 1. The molecule has 0 aliphatic rings. The predicted molar refractivity (Wildman–Crippen MR) is 120 cm³/mol. The SMILES string of the molecule is C=CCn1c(=O)c2ccccc2n2c(S[C@H](C)C(=O)Nc3ccc(C)cc3)nnc12. The second kappa shape index (κ2) is 8.16. The van der Waals surface area contributed by atoms with E-state index < -0.39 is 5.25 Å². The minimum atomic E-state index is -0.419. The van der Waals surface area contributed by atoms with E-state index in [1.54, 1.807) is 12.1 Å². The number of carbonyl (C=O) groups is 1. The number of anilines is 1. The third-order valence-corrected chi connectivity index (χ3v) is 5.80. The Bertz CT molecular complexity index is 1310. The van der Waals surface area contributed by atoms with Gasteiger partial charge in [0.1, 0.15) is 0 Å². The van der Waals surface area contributed by atoms with Gasteiger partial charge in [0.25, 0.3) is 5.56 Å². The van der Waals surface area contributed by atoms with E-state index in [4.69, 9.17) is 0 Å². The fraction of sp³-hybridized carbons (Fsp3) is 0.182. The number of nitrogens with zero attached hydrogens (tertiary/aromatic N) is 4. The molecular weight excluding hydrogens is 398 g/mol. The predicted octanol–water partition coefficient (Wildman–Crippen LogP) is 3.66. The Morgan fingerprint density at radius 3 is 2.67 bits per heavy atom. The van der Waals surface area contributed by atoms with Gasteiger partial charge in [-0.25, -0.2) is 0 Å². The molecule has 30 heavy (non-hydrogen) atoms. The summed E-state index contributed by atoms with van der Waals surface area (Å²) in [4.78, 5) is 25.6. The molecule has 2 heterocycles. The molecule has 0 radical (unpaired) electrons. The summed E-state index contributed by atoms with van der Waals surface area (Å²) in [6, 6.07) is 15.0. The monoisotopic (exact) mass is 419 g/mol. The van der Waals surface area contributed by atoms with Crippen molar-refractivity contribution >= 4 is 40.0 Å². The van der Waals surface area contributed by atoms with E-state index in [0.29, 0.717) is 28.4 Å². The number of thioether (sulfide) groups is 1. The van der Waals surface area contributed by atoms with Crippen molar-refractivity contribution in [2.24, 2.45) is 0 Å². The summed E-state index contributed by atoms with van der Waals surface area (Å²) in [5.41, 5.74) is 2.43. The molecule has 152 valence electrons. The van der Waals surface area contributed by atoms with Crippen molar-refractivity contribution in [2.75, 3.05) is 5.32 Å². The highest BCUT2D eigenvalue weighted by molar-refractivity contribution is 8.00.